The molecule has 1 amide bonds. The van der Waals surface area contributed by atoms with Gasteiger partial charge in [0, 0.05) is 19.6 Å². The van der Waals surface area contributed by atoms with E-state index in [0.717, 1.165) is 39.2 Å². The molecule has 1 aliphatic carbocycles. The van der Waals surface area contributed by atoms with Crippen molar-refractivity contribution in [3.05, 3.63) is 0 Å². The average molecular weight is 291 g/mol. The van der Waals surface area contributed by atoms with E-state index in [-0.39, 0.29) is 0 Å². The second-order valence-corrected chi connectivity index (χ2v) is 6.73. The highest BCUT2D eigenvalue weighted by atomic mass is 32.2. The van der Waals surface area contributed by atoms with Gasteiger partial charge in [0.05, 0.1) is 12.6 Å². The molecule has 7 nitrogen and oxygen atoms in total. The first-order valence-electron chi connectivity index (χ1n) is 6.59. The number of amides is 1. The molecule has 1 aliphatic heterocycles. The van der Waals surface area contributed by atoms with Crippen molar-refractivity contribution in [2.24, 2.45) is 0 Å². The van der Waals surface area contributed by atoms with Crippen molar-refractivity contribution < 1.29 is 17.9 Å². The van der Waals surface area contributed by atoms with Crippen LogP contribution in [0.15, 0.2) is 0 Å². The molecule has 110 valence electrons. The molecule has 8 heteroatoms. The van der Waals surface area contributed by atoms with Crippen LogP contribution in [0, 0.1) is 0 Å². The van der Waals surface area contributed by atoms with Crippen LogP contribution in [0.2, 0.25) is 0 Å². The lowest BCUT2D eigenvalue weighted by Gasteiger charge is -2.48. The van der Waals surface area contributed by atoms with Crippen molar-refractivity contribution in [2.45, 2.75) is 37.6 Å². The molecule has 0 bridgehead atoms. The Morgan fingerprint density at radius 3 is 2.63 bits per heavy atom. The first-order chi connectivity index (χ1) is 9.00. The molecule has 0 aromatic carbocycles. The first-order valence-corrected chi connectivity index (χ1v) is 8.03. The van der Waals surface area contributed by atoms with Gasteiger partial charge in [-0.1, -0.05) is 19.3 Å². The molecule has 1 saturated heterocycles. The molecule has 0 unspecified atom stereocenters. The van der Waals surface area contributed by atoms with Gasteiger partial charge in [-0.3, -0.25) is 0 Å². The quantitative estimate of drug-likeness (QED) is 0.758. The van der Waals surface area contributed by atoms with Gasteiger partial charge in [0.25, 0.3) is 0 Å². The van der Waals surface area contributed by atoms with Crippen molar-refractivity contribution in [1.82, 2.24) is 14.3 Å². The van der Waals surface area contributed by atoms with E-state index in [1.807, 2.05) is 4.72 Å². The summed E-state index contributed by atoms with van der Waals surface area (Å²) in [6.45, 7) is 1.63. The summed E-state index contributed by atoms with van der Waals surface area (Å²) in [4.78, 5) is 11.2. The smallest absolute Gasteiger partial charge is 0.421 e. The minimum atomic E-state index is -3.83. The number of rotatable bonds is 2. The number of piperazine rings is 1. The van der Waals surface area contributed by atoms with Crippen molar-refractivity contribution in [1.29, 1.82) is 0 Å². The number of ether oxygens (including phenoxy) is 1. The van der Waals surface area contributed by atoms with Crippen LogP contribution in [0.25, 0.3) is 0 Å². The molecule has 0 aromatic rings. The minimum Gasteiger partial charge on any atom is -0.452 e. The second-order valence-electron chi connectivity index (χ2n) is 5.13. The number of carbonyl (C=O) groups excluding carboxylic acids is 1. The Hall–Kier alpha value is -0.860. The van der Waals surface area contributed by atoms with Crippen molar-refractivity contribution in [3.63, 3.8) is 0 Å². The Balaban J connectivity index is 2.21. The predicted molar refractivity (Wildman–Crippen MR) is 69.9 cm³/mol. The molecule has 0 aromatic heterocycles. The Labute approximate surface area is 113 Å². The molecule has 1 saturated carbocycles. The van der Waals surface area contributed by atoms with E-state index in [1.165, 1.54) is 4.31 Å². The minimum absolute atomic E-state index is 0.381. The lowest BCUT2D eigenvalue weighted by atomic mass is 9.80. The zero-order valence-electron chi connectivity index (χ0n) is 11.1. The van der Waals surface area contributed by atoms with Gasteiger partial charge in [-0.25, -0.2) is 9.52 Å². The molecule has 2 fully saturated rings. The molecule has 1 heterocycles. The summed E-state index contributed by atoms with van der Waals surface area (Å²) in [7, 11) is -2.68. The molecule has 0 atom stereocenters. The number of hydrogen-bond donors (Lipinski definition) is 2. The van der Waals surface area contributed by atoms with Crippen LogP contribution in [0.5, 0.6) is 0 Å². The molecule has 2 N–H and O–H groups in total. The molecule has 0 radical (unpaired) electrons. The van der Waals surface area contributed by atoms with Gasteiger partial charge in [-0.15, -0.1) is 0 Å². The monoisotopic (exact) mass is 291 g/mol. The molecule has 2 aliphatic rings. The van der Waals surface area contributed by atoms with Crippen LogP contribution in [-0.2, 0) is 14.9 Å². The van der Waals surface area contributed by atoms with E-state index >= 15 is 0 Å². The SMILES string of the molecule is COC(=O)NS(=O)(=O)N1CCNCC12CCCCC2. The molecular weight excluding hydrogens is 270 g/mol. The van der Waals surface area contributed by atoms with Crippen LogP contribution >= 0.6 is 0 Å². The van der Waals surface area contributed by atoms with Crippen LogP contribution in [0.4, 0.5) is 4.79 Å². The highest BCUT2D eigenvalue weighted by Crippen LogP contribution is 2.35. The lowest BCUT2D eigenvalue weighted by molar-refractivity contribution is 0.0991. The number of nitrogens with one attached hydrogen (secondary N) is 2. The number of carbonyl (C=O) groups is 1. The van der Waals surface area contributed by atoms with Gasteiger partial charge in [-0.05, 0) is 12.8 Å². The lowest BCUT2D eigenvalue weighted by Crippen LogP contribution is -2.65. The molecular formula is C11H21N3O4S. The van der Waals surface area contributed by atoms with Crippen molar-refractivity contribution in [2.75, 3.05) is 26.7 Å². The van der Waals surface area contributed by atoms with E-state index in [1.54, 1.807) is 0 Å². The largest absolute Gasteiger partial charge is 0.452 e. The third-order valence-electron chi connectivity index (χ3n) is 3.95. The summed E-state index contributed by atoms with van der Waals surface area (Å²) in [5.74, 6) is 0. The van der Waals surface area contributed by atoms with Crippen LogP contribution in [0.1, 0.15) is 32.1 Å². The average Bonchev–Trinajstić information content (AvgIpc) is 2.39. The Kier molecular flexibility index (Phi) is 4.32. The summed E-state index contributed by atoms with van der Waals surface area (Å²) in [5, 5.41) is 3.26. The zero-order valence-corrected chi connectivity index (χ0v) is 12.0. The third-order valence-corrected chi connectivity index (χ3v) is 5.52. The maximum atomic E-state index is 12.3. The highest BCUT2D eigenvalue weighted by molar-refractivity contribution is 7.87. The summed E-state index contributed by atoms with van der Waals surface area (Å²) < 4.78 is 32.4. The Morgan fingerprint density at radius 2 is 2.00 bits per heavy atom. The zero-order chi connectivity index (χ0) is 13.9. The van der Waals surface area contributed by atoms with E-state index in [2.05, 4.69) is 10.1 Å². The van der Waals surface area contributed by atoms with E-state index in [0.29, 0.717) is 19.6 Å². The normalized spacial score (nSPS) is 24.1. The fourth-order valence-corrected chi connectivity index (χ4v) is 4.53. The summed E-state index contributed by atoms with van der Waals surface area (Å²) in [6, 6.07) is 0. The molecule has 2 rings (SSSR count). The Bertz CT molecular complexity index is 423. The van der Waals surface area contributed by atoms with E-state index in [9.17, 15) is 13.2 Å². The van der Waals surface area contributed by atoms with Gasteiger partial charge >= 0.3 is 16.3 Å². The Morgan fingerprint density at radius 1 is 1.32 bits per heavy atom. The highest BCUT2D eigenvalue weighted by Gasteiger charge is 2.46. The fourth-order valence-electron chi connectivity index (χ4n) is 3.04. The van der Waals surface area contributed by atoms with Gasteiger partial charge < -0.3 is 10.1 Å². The second kappa shape index (κ2) is 5.64. The van der Waals surface area contributed by atoms with Crippen LogP contribution in [-0.4, -0.2) is 51.1 Å². The first kappa shape index (κ1) is 14.5. The van der Waals surface area contributed by atoms with E-state index < -0.39 is 21.8 Å². The molecule has 1 spiro atoms. The summed E-state index contributed by atoms with van der Waals surface area (Å²) in [5.41, 5.74) is -0.393. The van der Waals surface area contributed by atoms with Gasteiger partial charge in [-0.2, -0.15) is 12.7 Å². The van der Waals surface area contributed by atoms with Gasteiger partial charge in [0.1, 0.15) is 0 Å². The predicted octanol–water partition coefficient (Wildman–Crippen LogP) is 0.195. The molecule has 19 heavy (non-hydrogen) atoms. The van der Waals surface area contributed by atoms with E-state index in [4.69, 9.17) is 0 Å². The van der Waals surface area contributed by atoms with Crippen LogP contribution < -0.4 is 10.0 Å². The number of nitrogens with zero attached hydrogens (tertiary/aromatic N) is 1. The van der Waals surface area contributed by atoms with Crippen molar-refractivity contribution >= 4 is 16.3 Å². The topological polar surface area (TPSA) is 87.7 Å². The number of methoxy groups -OCH3 is 1. The standard InChI is InChI=1S/C11H21N3O4S/c1-18-10(15)13-19(16,17)14-8-7-12-9-11(14)5-3-2-4-6-11/h12H,2-9H2,1H3,(H,13,15). The maximum absolute atomic E-state index is 12.3. The summed E-state index contributed by atoms with van der Waals surface area (Å²) in [6.07, 6.45) is 3.91. The summed E-state index contributed by atoms with van der Waals surface area (Å²) >= 11 is 0. The van der Waals surface area contributed by atoms with Gasteiger partial charge in [0.15, 0.2) is 0 Å². The fraction of sp³-hybridized carbons (Fsp3) is 0.909. The maximum Gasteiger partial charge on any atom is 0.421 e. The van der Waals surface area contributed by atoms with Crippen LogP contribution in [0.3, 0.4) is 0 Å². The number of hydrogen-bond acceptors (Lipinski definition) is 5. The van der Waals surface area contributed by atoms with Crippen molar-refractivity contribution in [3.8, 4) is 0 Å². The van der Waals surface area contributed by atoms with Gasteiger partial charge in [0.2, 0.25) is 0 Å². The third kappa shape index (κ3) is 3.01.